The van der Waals surface area contributed by atoms with Crippen LogP contribution < -0.4 is 10.2 Å². The highest BCUT2D eigenvalue weighted by Gasteiger charge is 2.21. The smallest absolute Gasteiger partial charge is 0.147 e. The number of nitrogens with zero attached hydrogens (tertiary/aromatic N) is 1. The van der Waals surface area contributed by atoms with Crippen LogP contribution in [0, 0.1) is 15.2 Å². The van der Waals surface area contributed by atoms with Gasteiger partial charge in [0.1, 0.15) is 11.6 Å². The van der Waals surface area contributed by atoms with E-state index in [1.165, 1.54) is 18.2 Å². The van der Waals surface area contributed by atoms with E-state index in [0.29, 0.717) is 29.9 Å². The van der Waals surface area contributed by atoms with Crippen molar-refractivity contribution >= 4 is 45.2 Å². The third-order valence-electron chi connectivity index (χ3n) is 3.93. The third kappa shape index (κ3) is 3.85. The van der Waals surface area contributed by atoms with Crippen LogP contribution in [0.3, 0.4) is 0 Å². The molecule has 1 heterocycles. The fourth-order valence-electron chi connectivity index (χ4n) is 2.77. The van der Waals surface area contributed by atoms with Crippen LogP contribution in [0.2, 0.25) is 0 Å². The van der Waals surface area contributed by atoms with Gasteiger partial charge in [-0.2, -0.15) is 0 Å². The molecule has 0 aromatic heterocycles. The fraction of sp³-hybridized carbons (Fsp3) is 0.158. The van der Waals surface area contributed by atoms with Gasteiger partial charge in [0.2, 0.25) is 0 Å². The highest BCUT2D eigenvalue weighted by molar-refractivity contribution is 14.1. The van der Waals surface area contributed by atoms with Gasteiger partial charge in [0.15, 0.2) is 0 Å². The number of benzene rings is 2. The van der Waals surface area contributed by atoms with Gasteiger partial charge in [-0.15, -0.1) is 0 Å². The van der Waals surface area contributed by atoms with E-state index in [0.717, 1.165) is 9.13 Å². The second kappa shape index (κ2) is 7.53. The van der Waals surface area contributed by atoms with Gasteiger partial charge >= 0.3 is 0 Å². The summed E-state index contributed by atoms with van der Waals surface area (Å²) in [7, 11) is 0. The van der Waals surface area contributed by atoms with Gasteiger partial charge in [-0.1, -0.05) is 6.58 Å². The summed E-state index contributed by atoms with van der Waals surface area (Å²) >= 11 is 2.03. The average molecular weight is 454 g/mol. The second-order valence-electron chi connectivity index (χ2n) is 5.71. The van der Waals surface area contributed by atoms with Crippen LogP contribution in [0.4, 0.5) is 25.8 Å². The van der Waals surface area contributed by atoms with Crippen molar-refractivity contribution in [2.24, 2.45) is 0 Å². The average Bonchev–Trinajstić information content (AvgIpc) is 2.56. The topological polar surface area (TPSA) is 35.5 Å². The van der Waals surface area contributed by atoms with Crippen molar-refractivity contribution in [2.75, 3.05) is 23.4 Å². The van der Waals surface area contributed by atoms with E-state index >= 15 is 0 Å². The molecule has 0 saturated heterocycles. The number of halogens is 3. The lowest BCUT2D eigenvalue weighted by Crippen LogP contribution is -2.22. The molecule has 0 aliphatic carbocycles. The number of allylic oxidation sites excluding steroid dienone is 2. The zero-order valence-electron chi connectivity index (χ0n) is 13.4. The van der Waals surface area contributed by atoms with Crippen molar-refractivity contribution in [3.05, 3.63) is 70.0 Å². The Bertz CT molecular complexity index is 852. The molecule has 3 nitrogen and oxygen atoms in total. The van der Waals surface area contributed by atoms with Gasteiger partial charge in [0, 0.05) is 28.5 Å². The van der Waals surface area contributed by atoms with Crippen LogP contribution in [0.5, 0.6) is 0 Å². The van der Waals surface area contributed by atoms with E-state index in [1.54, 1.807) is 12.1 Å². The SMILES string of the molecule is C=C1C=CN(CCCO)c2cc(F)cc(Nc3ccc(I)cc3F)c21. The molecular formula is C19H17F2IN2O. The van der Waals surface area contributed by atoms with Gasteiger partial charge in [-0.25, -0.2) is 8.78 Å². The van der Waals surface area contributed by atoms with E-state index in [1.807, 2.05) is 39.8 Å². The van der Waals surface area contributed by atoms with Crippen LogP contribution in [0.1, 0.15) is 12.0 Å². The predicted molar refractivity (Wildman–Crippen MR) is 106 cm³/mol. The van der Waals surface area contributed by atoms with Crippen molar-refractivity contribution in [3.8, 4) is 0 Å². The molecule has 130 valence electrons. The first kappa shape index (κ1) is 17.9. The standard InChI is InChI=1S/C19H17F2IN2O/c1-12-5-7-24(6-2-8-25)18-10-13(20)9-17(19(12)18)23-16-4-3-14(22)11-15(16)21/h3-5,7,9-11,23,25H,1-2,6,8H2. The molecule has 2 aromatic carbocycles. The first-order chi connectivity index (χ1) is 12.0. The Labute approximate surface area is 158 Å². The maximum absolute atomic E-state index is 14.2. The van der Waals surface area contributed by atoms with Gasteiger partial charge in [-0.05, 0) is 71.0 Å². The molecule has 0 radical (unpaired) electrons. The Morgan fingerprint density at radius 1 is 1.16 bits per heavy atom. The fourth-order valence-corrected chi connectivity index (χ4v) is 3.22. The lowest BCUT2D eigenvalue weighted by molar-refractivity contribution is 0.290. The summed E-state index contributed by atoms with van der Waals surface area (Å²) in [5, 5.41) is 12.0. The van der Waals surface area contributed by atoms with E-state index in [-0.39, 0.29) is 12.3 Å². The molecule has 0 fully saturated rings. The summed E-state index contributed by atoms with van der Waals surface area (Å²) in [6.45, 7) is 4.62. The Morgan fingerprint density at radius 2 is 1.96 bits per heavy atom. The molecule has 2 aromatic rings. The van der Waals surface area contributed by atoms with E-state index < -0.39 is 11.6 Å². The highest BCUT2D eigenvalue weighted by Crippen LogP contribution is 2.39. The quantitative estimate of drug-likeness (QED) is 0.622. The summed E-state index contributed by atoms with van der Waals surface area (Å²) in [5.74, 6) is -0.830. The molecule has 0 atom stereocenters. The van der Waals surface area contributed by atoms with Gasteiger partial charge in [-0.3, -0.25) is 0 Å². The molecule has 6 heteroatoms. The maximum Gasteiger partial charge on any atom is 0.147 e. The van der Waals surface area contributed by atoms with Gasteiger partial charge < -0.3 is 15.3 Å². The minimum atomic E-state index is -0.427. The summed E-state index contributed by atoms with van der Waals surface area (Å²) in [5.41, 5.74) is 2.81. The Hall–Kier alpha value is -1.93. The molecule has 0 spiro atoms. The molecule has 0 saturated carbocycles. The molecular weight excluding hydrogens is 437 g/mol. The number of hydrogen-bond donors (Lipinski definition) is 2. The summed E-state index contributed by atoms with van der Waals surface area (Å²) in [6, 6.07) is 7.58. The molecule has 0 unspecified atom stereocenters. The Balaban J connectivity index is 2.04. The molecule has 1 aliphatic rings. The van der Waals surface area contributed by atoms with Crippen LogP contribution >= 0.6 is 22.6 Å². The number of aliphatic hydroxyl groups is 1. The largest absolute Gasteiger partial charge is 0.396 e. The van der Waals surface area contributed by atoms with Crippen molar-refractivity contribution in [3.63, 3.8) is 0 Å². The van der Waals surface area contributed by atoms with Crippen molar-refractivity contribution in [1.82, 2.24) is 0 Å². The number of fused-ring (bicyclic) bond motifs is 1. The molecule has 0 bridgehead atoms. The lowest BCUT2D eigenvalue weighted by atomic mass is 9.98. The second-order valence-corrected chi connectivity index (χ2v) is 6.95. The zero-order chi connectivity index (χ0) is 18.0. The highest BCUT2D eigenvalue weighted by atomic mass is 127. The number of anilines is 3. The van der Waals surface area contributed by atoms with Crippen molar-refractivity contribution in [1.29, 1.82) is 0 Å². The van der Waals surface area contributed by atoms with Crippen LogP contribution in [-0.4, -0.2) is 18.3 Å². The monoisotopic (exact) mass is 454 g/mol. The van der Waals surface area contributed by atoms with Crippen LogP contribution in [0.15, 0.2) is 49.2 Å². The summed E-state index contributed by atoms with van der Waals surface area (Å²) in [6.07, 6.45) is 4.20. The zero-order valence-corrected chi connectivity index (χ0v) is 15.6. The first-order valence-electron chi connectivity index (χ1n) is 7.80. The first-order valence-corrected chi connectivity index (χ1v) is 8.88. The minimum Gasteiger partial charge on any atom is -0.396 e. The van der Waals surface area contributed by atoms with Gasteiger partial charge in [0.25, 0.3) is 0 Å². The van der Waals surface area contributed by atoms with Crippen molar-refractivity contribution in [2.45, 2.75) is 6.42 Å². The lowest BCUT2D eigenvalue weighted by Gasteiger charge is -2.29. The maximum atomic E-state index is 14.2. The number of hydrogen-bond acceptors (Lipinski definition) is 3. The Kier molecular flexibility index (Phi) is 5.39. The molecule has 2 N–H and O–H groups in total. The van der Waals surface area contributed by atoms with E-state index in [4.69, 9.17) is 5.11 Å². The number of nitrogens with one attached hydrogen (secondary N) is 1. The van der Waals surface area contributed by atoms with Crippen LogP contribution in [-0.2, 0) is 0 Å². The van der Waals surface area contributed by atoms with E-state index in [9.17, 15) is 8.78 Å². The number of rotatable bonds is 5. The predicted octanol–water partition coefficient (Wildman–Crippen LogP) is 5.04. The summed E-state index contributed by atoms with van der Waals surface area (Å²) < 4.78 is 29.1. The molecule has 25 heavy (non-hydrogen) atoms. The van der Waals surface area contributed by atoms with Crippen molar-refractivity contribution < 1.29 is 13.9 Å². The molecule has 0 amide bonds. The minimum absolute atomic E-state index is 0.0505. The van der Waals surface area contributed by atoms with Crippen LogP contribution in [0.25, 0.3) is 5.57 Å². The molecule has 1 aliphatic heterocycles. The third-order valence-corrected chi connectivity index (χ3v) is 4.60. The number of aliphatic hydroxyl groups excluding tert-OH is 1. The normalized spacial score (nSPS) is 13.1. The van der Waals surface area contributed by atoms with E-state index in [2.05, 4.69) is 11.9 Å². The summed E-state index contributed by atoms with van der Waals surface area (Å²) in [4.78, 5) is 1.86. The van der Waals surface area contributed by atoms with Gasteiger partial charge in [0.05, 0.1) is 17.1 Å². The molecule has 3 rings (SSSR count). The Morgan fingerprint density at radius 3 is 2.68 bits per heavy atom.